The second-order valence-electron chi connectivity index (χ2n) is 7.36. The summed E-state index contributed by atoms with van der Waals surface area (Å²) in [6.07, 6.45) is 3.26. The number of primary amides is 1. The Bertz CT molecular complexity index is 1550. The smallest absolute Gasteiger partial charge is 0.257 e. The van der Waals surface area contributed by atoms with Crippen molar-refractivity contribution in [3.8, 4) is 17.2 Å². The third-order valence-electron chi connectivity index (χ3n) is 5.24. The van der Waals surface area contributed by atoms with Crippen LogP contribution >= 0.6 is 11.3 Å². The number of nitrogens with two attached hydrogens (primary N) is 1. The van der Waals surface area contributed by atoms with Gasteiger partial charge in [-0.1, -0.05) is 12.1 Å². The summed E-state index contributed by atoms with van der Waals surface area (Å²) in [7, 11) is 1.47. The van der Waals surface area contributed by atoms with E-state index >= 15 is 0 Å². The van der Waals surface area contributed by atoms with Crippen LogP contribution in [0.3, 0.4) is 0 Å². The molecule has 34 heavy (non-hydrogen) atoms. The minimum atomic E-state index is -0.603. The second-order valence-corrected chi connectivity index (χ2v) is 8.25. The Kier molecular flexibility index (Phi) is 5.52. The maximum Gasteiger partial charge on any atom is 0.257 e. The molecule has 3 N–H and O–H groups in total. The van der Waals surface area contributed by atoms with E-state index in [2.05, 4.69) is 15.3 Å². The highest BCUT2D eigenvalue weighted by Gasteiger charge is 2.15. The number of nitrogens with zero attached hydrogens (tertiary/aromatic N) is 2. The minimum Gasteiger partial charge on any atom is -0.496 e. The van der Waals surface area contributed by atoms with E-state index in [1.54, 1.807) is 42.0 Å². The predicted molar refractivity (Wildman–Crippen MR) is 131 cm³/mol. The molecule has 8 nitrogen and oxygen atoms in total. The Hall–Kier alpha value is -4.50. The number of hydrogen-bond acceptors (Lipinski definition) is 7. The summed E-state index contributed by atoms with van der Waals surface area (Å²) in [6, 6.07) is 16.0. The molecule has 0 aliphatic rings. The van der Waals surface area contributed by atoms with E-state index in [0.29, 0.717) is 38.8 Å². The summed E-state index contributed by atoms with van der Waals surface area (Å²) >= 11 is 1.36. The zero-order valence-electron chi connectivity index (χ0n) is 17.9. The van der Waals surface area contributed by atoms with Crippen molar-refractivity contribution in [3.05, 3.63) is 83.5 Å². The van der Waals surface area contributed by atoms with Crippen LogP contribution in [-0.4, -0.2) is 28.9 Å². The van der Waals surface area contributed by atoms with Gasteiger partial charge in [0.15, 0.2) is 5.13 Å². The number of hydrogen-bond donors (Lipinski definition) is 2. The molecular weight excluding hydrogens is 452 g/mol. The van der Waals surface area contributed by atoms with Gasteiger partial charge in [0.05, 0.1) is 18.2 Å². The normalized spacial score (nSPS) is 10.9. The number of pyridine rings is 1. The highest BCUT2D eigenvalue weighted by Crippen LogP contribution is 2.34. The number of benzene rings is 3. The summed E-state index contributed by atoms with van der Waals surface area (Å²) < 4.78 is 11.4. The first kappa shape index (κ1) is 21.4. The van der Waals surface area contributed by atoms with Gasteiger partial charge in [0.1, 0.15) is 17.2 Å². The van der Waals surface area contributed by atoms with Crippen LogP contribution < -0.4 is 20.5 Å². The average Bonchev–Trinajstić information content (AvgIpc) is 3.36. The Labute approximate surface area is 198 Å². The third-order valence-corrected chi connectivity index (χ3v) is 5.93. The monoisotopic (exact) mass is 470 g/mol. The molecule has 0 fully saturated rings. The molecule has 2 heterocycles. The van der Waals surface area contributed by atoms with Crippen LogP contribution in [0.2, 0.25) is 0 Å². The maximum atomic E-state index is 12.5. The summed E-state index contributed by atoms with van der Waals surface area (Å²) in [4.78, 5) is 32.8. The van der Waals surface area contributed by atoms with E-state index in [-0.39, 0.29) is 11.5 Å². The summed E-state index contributed by atoms with van der Waals surface area (Å²) in [6.45, 7) is 0. The largest absolute Gasteiger partial charge is 0.496 e. The molecule has 0 aliphatic heterocycles. The van der Waals surface area contributed by atoms with Gasteiger partial charge in [-0.15, -0.1) is 11.3 Å². The van der Waals surface area contributed by atoms with Gasteiger partial charge in [0, 0.05) is 34.8 Å². The van der Waals surface area contributed by atoms with Crippen molar-refractivity contribution >= 4 is 50.0 Å². The Morgan fingerprint density at radius 2 is 1.76 bits per heavy atom. The number of methoxy groups -OCH3 is 1. The lowest BCUT2D eigenvalue weighted by Gasteiger charge is -2.12. The van der Waals surface area contributed by atoms with E-state index < -0.39 is 5.91 Å². The van der Waals surface area contributed by atoms with Gasteiger partial charge in [-0.25, -0.2) is 4.98 Å². The fraction of sp³-hybridized carbons (Fsp3) is 0.0400. The lowest BCUT2D eigenvalue weighted by atomic mass is 10.1. The van der Waals surface area contributed by atoms with Crippen LogP contribution in [0.4, 0.5) is 5.13 Å². The fourth-order valence-corrected chi connectivity index (χ4v) is 4.13. The van der Waals surface area contributed by atoms with Crippen LogP contribution in [0.15, 0.2) is 72.4 Å². The highest BCUT2D eigenvalue weighted by molar-refractivity contribution is 7.13. The number of amides is 2. The van der Waals surface area contributed by atoms with Crippen LogP contribution in [0.25, 0.3) is 21.7 Å². The van der Waals surface area contributed by atoms with E-state index in [1.807, 2.05) is 30.3 Å². The number of ether oxygens (including phenoxy) is 2. The lowest BCUT2D eigenvalue weighted by molar-refractivity contribution is 0.0995. The predicted octanol–water partition coefficient (Wildman–Crippen LogP) is 5.00. The van der Waals surface area contributed by atoms with Gasteiger partial charge in [0.2, 0.25) is 0 Å². The first-order valence-electron chi connectivity index (χ1n) is 10.2. The number of aromatic nitrogens is 2. The minimum absolute atomic E-state index is 0.221. The van der Waals surface area contributed by atoms with Gasteiger partial charge >= 0.3 is 0 Å². The van der Waals surface area contributed by atoms with E-state index in [4.69, 9.17) is 15.2 Å². The first-order chi connectivity index (χ1) is 16.5. The van der Waals surface area contributed by atoms with Gasteiger partial charge in [-0.2, -0.15) is 0 Å². The molecule has 9 heteroatoms. The molecule has 168 valence electrons. The summed E-state index contributed by atoms with van der Waals surface area (Å²) in [5.74, 6) is 0.644. The Balaban J connectivity index is 1.45. The van der Waals surface area contributed by atoms with Gasteiger partial charge in [0.25, 0.3) is 11.8 Å². The summed E-state index contributed by atoms with van der Waals surface area (Å²) in [5.41, 5.74) is 6.89. The van der Waals surface area contributed by atoms with Crippen LogP contribution in [0.5, 0.6) is 17.2 Å². The highest BCUT2D eigenvalue weighted by atomic mass is 32.1. The maximum absolute atomic E-state index is 12.5. The number of fused-ring (bicyclic) bond motifs is 2. The number of nitrogens with one attached hydrogen (secondary N) is 1. The Morgan fingerprint density at radius 1 is 0.941 bits per heavy atom. The Morgan fingerprint density at radius 3 is 2.53 bits per heavy atom. The van der Waals surface area contributed by atoms with Crippen molar-refractivity contribution in [1.29, 1.82) is 0 Å². The van der Waals surface area contributed by atoms with Crippen molar-refractivity contribution in [3.63, 3.8) is 0 Å². The van der Waals surface area contributed by atoms with Crippen LogP contribution in [0, 0.1) is 0 Å². The number of anilines is 1. The molecular formula is C25H18N4O4S. The molecule has 0 unspecified atom stereocenters. The van der Waals surface area contributed by atoms with Crippen molar-refractivity contribution < 1.29 is 19.1 Å². The molecule has 0 spiro atoms. The van der Waals surface area contributed by atoms with Crippen molar-refractivity contribution in [2.24, 2.45) is 5.73 Å². The molecule has 0 saturated heterocycles. The number of carbonyl (C=O) groups excluding carboxylic acids is 2. The lowest BCUT2D eigenvalue weighted by Crippen LogP contribution is -2.12. The number of thiazole rings is 1. The molecule has 5 rings (SSSR count). The van der Waals surface area contributed by atoms with Gasteiger partial charge in [-0.05, 0) is 47.2 Å². The zero-order chi connectivity index (χ0) is 23.7. The van der Waals surface area contributed by atoms with Gasteiger partial charge < -0.3 is 15.2 Å². The summed E-state index contributed by atoms with van der Waals surface area (Å²) in [5, 5.41) is 7.56. The topological polar surface area (TPSA) is 116 Å². The molecule has 0 saturated carbocycles. The average molecular weight is 471 g/mol. The third kappa shape index (κ3) is 4.12. The molecule has 0 atom stereocenters. The van der Waals surface area contributed by atoms with Crippen LogP contribution in [0.1, 0.15) is 20.7 Å². The van der Waals surface area contributed by atoms with Crippen LogP contribution in [-0.2, 0) is 0 Å². The van der Waals surface area contributed by atoms with Crippen molar-refractivity contribution in [2.45, 2.75) is 0 Å². The molecule has 2 amide bonds. The van der Waals surface area contributed by atoms with Crippen molar-refractivity contribution in [2.75, 3.05) is 12.4 Å². The molecule has 2 aromatic heterocycles. The zero-order valence-corrected chi connectivity index (χ0v) is 18.8. The van der Waals surface area contributed by atoms with Gasteiger partial charge in [-0.3, -0.25) is 19.9 Å². The van der Waals surface area contributed by atoms with Crippen molar-refractivity contribution in [1.82, 2.24) is 9.97 Å². The fourth-order valence-electron chi connectivity index (χ4n) is 3.61. The van der Waals surface area contributed by atoms with E-state index in [1.165, 1.54) is 18.4 Å². The second kappa shape index (κ2) is 8.80. The molecule has 3 aromatic carbocycles. The quantitative estimate of drug-likeness (QED) is 0.361. The standard InChI is InChI=1S/C25H18N4O4S/c1-32-22-13-20-18(12-19(22)23(26)30)21(6-7-27-20)33-17-5-4-14-10-16(3-2-15(14)11-17)24(31)29-25-28-8-9-34-25/h2-13H,1H3,(H2,26,30)(H,28,29,31). The number of rotatable bonds is 6. The molecule has 0 radical (unpaired) electrons. The van der Waals surface area contributed by atoms with E-state index in [0.717, 1.165) is 10.8 Å². The molecule has 5 aromatic rings. The number of carbonyl (C=O) groups is 2. The molecule has 0 bridgehead atoms. The SMILES string of the molecule is COc1cc2nccc(Oc3ccc4cc(C(=O)Nc5nccs5)ccc4c3)c2cc1C(N)=O. The molecule has 0 aliphatic carbocycles. The van der Waals surface area contributed by atoms with E-state index in [9.17, 15) is 9.59 Å². The first-order valence-corrected chi connectivity index (χ1v) is 11.1.